The molecule has 1 nitrogen and oxygen atoms in total. The van der Waals surface area contributed by atoms with Crippen molar-refractivity contribution >= 4 is 0 Å². The molecular weight excluding hydrogens is 302 g/mol. The molecule has 152 valence electrons. The van der Waals surface area contributed by atoms with Gasteiger partial charge < -0.3 is 4.90 Å². The molecule has 0 heterocycles. The van der Waals surface area contributed by atoms with Gasteiger partial charge in [0.15, 0.2) is 0 Å². The van der Waals surface area contributed by atoms with Gasteiger partial charge in [0.1, 0.15) is 0 Å². The van der Waals surface area contributed by atoms with E-state index in [1.165, 1.54) is 135 Å². The van der Waals surface area contributed by atoms with Crippen LogP contribution in [0, 0.1) is 0 Å². The summed E-state index contributed by atoms with van der Waals surface area (Å²) in [4.78, 5) is 1.92. The zero-order chi connectivity index (χ0) is 18.4. The van der Waals surface area contributed by atoms with E-state index in [0.29, 0.717) is 0 Å². The van der Waals surface area contributed by atoms with E-state index in [1.54, 1.807) is 0 Å². The molecule has 0 bridgehead atoms. The first-order valence-corrected chi connectivity index (χ1v) is 12.2. The summed E-state index contributed by atoms with van der Waals surface area (Å²) in [6.07, 6.45) is 26.0. The van der Waals surface area contributed by atoms with Gasteiger partial charge in [-0.1, -0.05) is 97.8 Å². The summed E-state index contributed by atoms with van der Waals surface area (Å²) >= 11 is 0. The maximum atomic E-state index is 2.32. The van der Waals surface area contributed by atoms with Gasteiger partial charge in [0.25, 0.3) is 0 Å². The Kier molecular flexibility index (Phi) is 22.0. The summed E-state index contributed by atoms with van der Waals surface area (Å²) in [7, 11) is 0. The van der Waals surface area contributed by atoms with Gasteiger partial charge >= 0.3 is 0 Å². The lowest BCUT2D eigenvalue weighted by Crippen LogP contribution is -3.12. The maximum Gasteiger partial charge on any atom is 0.0770 e. The van der Waals surface area contributed by atoms with E-state index in [0.717, 1.165) is 0 Å². The van der Waals surface area contributed by atoms with Gasteiger partial charge in [0, 0.05) is 0 Å². The molecule has 0 aliphatic rings. The monoisotopic (exact) mass is 354 g/mol. The zero-order valence-corrected chi connectivity index (χ0v) is 18.3. The van der Waals surface area contributed by atoms with Gasteiger partial charge in [-0.15, -0.1) is 0 Å². The van der Waals surface area contributed by atoms with Crippen LogP contribution in [0.4, 0.5) is 0 Å². The molecule has 0 saturated carbocycles. The third kappa shape index (κ3) is 20.1. The average molecular weight is 355 g/mol. The summed E-state index contributed by atoms with van der Waals surface area (Å²) in [6, 6.07) is 0. The van der Waals surface area contributed by atoms with Crippen LogP contribution < -0.4 is 4.90 Å². The van der Waals surface area contributed by atoms with Crippen LogP contribution >= 0.6 is 0 Å². The predicted octanol–water partition coefficient (Wildman–Crippen LogP) is 6.95. The van der Waals surface area contributed by atoms with Crippen LogP contribution in [0.25, 0.3) is 0 Å². The summed E-state index contributed by atoms with van der Waals surface area (Å²) in [5.41, 5.74) is 0. The molecule has 0 aromatic heterocycles. The minimum absolute atomic E-state index is 1.37. The normalized spacial score (nSPS) is 11.5. The van der Waals surface area contributed by atoms with Crippen LogP contribution in [0.2, 0.25) is 0 Å². The fourth-order valence-corrected chi connectivity index (χ4v) is 3.84. The van der Waals surface area contributed by atoms with E-state index < -0.39 is 0 Å². The van der Waals surface area contributed by atoms with Crippen LogP contribution in [0.3, 0.4) is 0 Å². The van der Waals surface area contributed by atoms with Gasteiger partial charge in [-0.2, -0.15) is 0 Å². The number of nitrogens with one attached hydrogen (secondary N) is 1. The fraction of sp³-hybridized carbons (Fsp3) is 1.00. The van der Waals surface area contributed by atoms with Crippen molar-refractivity contribution in [3.63, 3.8) is 0 Å². The first-order valence-electron chi connectivity index (χ1n) is 12.2. The quantitative estimate of drug-likeness (QED) is 0.213. The Hall–Kier alpha value is -0.0400. The molecule has 25 heavy (non-hydrogen) atoms. The average Bonchev–Trinajstić information content (AvgIpc) is 2.62. The SMILES string of the molecule is CCCCCCCCCC[NH+](CCCCCCC)CCCCCCC. The molecule has 0 aromatic rings. The number of hydrogen-bond donors (Lipinski definition) is 1. The molecule has 0 spiro atoms. The van der Waals surface area contributed by atoms with Crippen molar-refractivity contribution in [2.24, 2.45) is 0 Å². The predicted molar refractivity (Wildman–Crippen MR) is 116 cm³/mol. The van der Waals surface area contributed by atoms with Crippen molar-refractivity contribution < 1.29 is 4.90 Å². The lowest BCUT2D eigenvalue weighted by molar-refractivity contribution is -0.900. The lowest BCUT2D eigenvalue weighted by atomic mass is 10.1. The fourth-order valence-electron chi connectivity index (χ4n) is 3.84. The Bertz CT molecular complexity index is 212. The van der Waals surface area contributed by atoms with Crippen LogP contribution in [-0.2, 0) is 0 Å². The number of quaternary nitrogens is 1. The van der Waals surface area contributed by atoms with Crippen molar-refractivity contribution in [3.05, 3.63) is 0 Å². The smallest absolute Gasteiger partial charge is 0.0770 e. The first-order chi connectivity index (χ1) is 12.3. The summed E-state index contributed by atoms with van der Waals surface area (Å²) in [6.45, 7) is 11.3. The molecule has 0 amide bonds. The second-order valence-corrected chi connectivity index (χ2v) is 8.30. The Balaban J connectivity index is 3.71. The van der Waals surface area contributed by atoms with E-state index in [1.807, 2.05) is 4.90 Å². The molecular formula is C24H52N+. The standard InChI is InChI=1S/C24H51N/c1-4-7-10-13-14-15-18-21-24-25(22-19-16-11-8-5-2)23-20-17-12-9-6-3/h4-24H2,1-3H3/p+1. The molecule has 0 atom stereocenters. The van der Waals surface area contributed by atoms with E-state index in [-0.39, 0.29) is 0 Å². The highest BCUT2D eigenvalue weighted by molar-refractivity contribution is 4.47. The highest BCUT2D eigenvalue weighted by Gasteiger charge is 2.08. The molecule has 0 fully saturated rings. The number of unbranched alkanes of at least 4 members (excludes halogenated alkanes) is 15. The number of rotatable bonds is 21. The van der Waals surface area contributed by atoms with Crippen molar-refractivity contribution in [1.29, 1.82) is 0 Å². The molecule has 0 aliphatic carbocycles. The molecule has 0 aliphatic heterocycles. The van der Waals surface area contributed by atoms with E-state index >= 15 is 0 Å². The van der Waals surface area contributed by atoms with Crippen LogP contribution in [0.5, 0.6) is 0 Å². The van der Waals surface area contributed by atoms with E-state index in [2.05, 4.69) is 20.8 Å². The Morgan fingerprint density at radius 1 is 0.320 bits per heavy atom. The topological polar surface area (TPSA) is 4.44 Å². The summed E-state index contributed by atoms with van der Waals surface area (Å²) in [5, 5.41) is 0. The maximum absolute atomic E-state index is 2.32. The first kappa shape index (κ1) is 25.0. The molecule has 0 unspecified atom stereocenters. The van der Waals surface area contributed by atoms with Crippen molar-refractivity contribution in [3.8, 4) is 0 Å². The number of hydrogen-bond acceptors (Lipinski definition) is 0. The Morgan fingerprint density at radius 3 is 0.840 bits per heavy atom. The van der Waals surface area contributed by atoms with Gasteiger partial charge in [0.2, 0.25) is 0 Å². The van der Waals surface area contributed by atoms with E-state index in [4.69, 9.17) is 0 Å². The second-order valence-electron chi connectivity index (χ2n) is 8.30. The highest BCUT2D eigenvalue weighted by atomic mass is 15.1. The molecule has 1 N–H and O–H groups in total. The third-order valence-corrected chi connectivity index (χ3v) is 5.65. The Labute approximate surface area is 161 Å². The Morgan fingerprint density at radius 2 is 0.560 bits per heavy atom. The van der Waals surface area contributed by atoms with Crippen molar-refractivity contribution in [1.82, 2.24) is 0 Å². The minimum atomic E-state index is 1.37. The zero-order valence-electron chi connectivity index (χ0n) is 18.3. The van der Waals surface area contributed by atoms with Crippen LogP contribution in [0.15, 0.2) is 0 Å². The van der Waals surface area contributed by atoms with Crippen molar-refractivity contribution in [2.75, 3.05) is 19.6 Å². The van der Waals surface area contributed by atoms with E-state index in [9.17, 15) is 0 Å². The van der Waals surface area contributed by atoms with Crippen LogP contribution in [-0.4, -0.2) is 19.6 Å². The highest BCUT2D eigenvalue weighted by Crippen LogP contribution is 2.08. The van der Waals surface area contributed by atoms with Crippen LogP contribution in [0.1, 0.15) is 136 Å². The second kappa shape index (κ2) is 22.0. The molecule has 0 radical (unpaired) electrons. The van der Waals surface area contributed by atoms with Gasteiger partial charge in [0.05, 0.1) is 19.6 Å². The lowest BCUT2D eigenvalue weighted by Gasteiger charge is -2.19. The van der Waals surface area contributed by atoms with Gasteiger partial charge in [-0.3, -0.25) is 0 Å². The van der Waals surface area contributed by atoms with Gasteiger partial charge in [-0.05, 0) is 38.5 Å². The molecule has 0 saturated heterocycles. The summed E-state index contributed by atoms with van der Waals surface area (Å²) < 4.78 is 0. The molecule has 0 aromatic carbocycles. The molecule has 0 rings (SSSR count). The summed E-state index contributed by atoms with van der Waals surface area (Å²) in [5.74, 6) is 0. The molecule has 1 heteroatoms. The minimum Gasteiger partial charge on any atom is -0.335 e. The van der Waals surface area contributed by atoms with Gasteiger partial charge in [-0.25, -0.2) is 0 Å². The van der Waals surface area contributed by atoms with Crippen molar-refractivity contribution in [2.45, 2.75) is 136 Å². The largest absolute Gasteiger partial charge is 0.335 e. The third-order valence-electron chi connectivity index (χ3n) is 5.65.